The second kappa shape index (κ2) is 12.1. The highest BCUT2D eigenvalue weighted by Gasteiger charge is 2.48. The lowest BCUT2D eigenvalue weighted by molar-refractivity contribution is -0.167. The van der Waals surface area contributed by atoms with Gasteiger partial charge in [-0.25, -0.2) is 8.78 Å². The first-order chi connectivity index (χ1) is 14.8. The molecule has 0 atom stereocenters. The number of halogens is 2. The van der Waals surface area contributed by atoms with E-state index in [-0.39, 0.29) is 31.0 Å². The van der Waals surface area contributed by atoms with Gasteiger partial charge in [-0.3, -0.25) is 9.59 Å². The summed E-state index contributed by atoms with van der Waals surface area (Å²) >= 11 is 0. The molecular weight excluding hydrogens is 404 g/mol. The van der Waals surface area contributed by atoms with E-state index in [4.69, 9.17) is 0 Å². The first kappa shape index (κ1) is 25.2. The van der Waals surface area contributed by atoms with E-state index in [2.05, 4.69) is 12.2 Å². The second-order valence-corrected chi connectivity index (χ2v) is 8.73. The van der Waals surface area contributed by atoms with E-state index in [0.717, 1.165) is 19.3 Å². The Morgan fingerprint density at radius 2 is 1.45 bits per heavy atom. The molecule has 0 bridgehead atoms. The quantitative estimate of drug-likeness (QED) is 0.281. The Balaban J connectivity index is 1.81. The Kier molecular flexibility index (Phi) is 9.88. The molecule has 1 aromatic rings. The molecule has 0 unspecified atom stereocenters. The van der Waals surface area contributed by atoms with Crippen molar-refractivity contribution < 1.29 is 28.6 Å². The van der Waals surface area contributed by atoms with Gasteiger partial charge in [0.1, 0.15) is 0 Å². The molecule has 0 aliphatic heterocycles. The molecule has 1 aliphatic rings. The van der Waals surface area contributed by atoms with Crippen LogP contribution >= 0.6 is 0 Å². The molecule has 1 aromatic carbocycles. The molecule has 5 nitrogen and oxygen atoms in total. The highest BCUT2D eigenvalue weighted by molar-refractivity contribution is 5.98. The highest BCUT2D eigenvalue weighted by atomic mass is 19.2. The zero-order valence-electron chi connectivity index (χ0n) is 18.4. The predicted molar refractivity (Wildman–Crippen MR) is 115 cm³/mol. The van der Waals surface area contributed by atoms with Gasteiger partial charge in [0.25, 0.3) is 0 Å². The van der Waals surface area contributed by atoms with Gasteiger partial charge in [0.2, 0.25) is 0 Å². The largest absolute Gasteiger partial charge is 0.480 e. The number of hydrogen-bond donors (Lipinski definition) is 3. The van der Waals surface area contributed by atoms with Crippen molar-refractivity contribution in [2.24, 2.45) is 5.41 Å². The number of aryl methyl sites for hydroxylation is 1. The summed E-state index contributed by atoms with van der Waals surface area (Å²) in [7, 11) is 0. The summed E-state index contributed by atoms with van der Waals surface area (Å²) in [5, 5.41) is 21.7. The molecule has 1 fully saturated rings. The Morgan fingerprint density at radius 1 is 0.935 bits per heavy atom. The van der Waals surface area contributed by atoms with E-state index >= 15 is 0 Å². The van der Waals surface area contributed by atoms with Crippen LogP contribution in [-0.4, -0.2) is 28.2 Å². The van der Waals surface area contributed by atoms with Gasteiger partial charge in [0.15, 0.2) is 17.0 Å². The van der Waals surface area contributed by atoms with Gasteiger partial charge in [-0.05, 0) is 44.1 Å². The third kappa shape index (κ3) is 6.73. The fraction of sp³-hybridized carbons (Fsp3) is 0.667. The van der Waals surface area contributed by atoms with Crippen LogP contribution in [0.4, 0.5) is 8.78 Å². The van der Waals surface area contributed by atoms with Gasteiger partial charge in [0, 0.05) is 18.2 Å². The lowest BCUT2D eigenvalue weighted by Crippen LogP contribution is -2.46. The summed E-state index contributed by atoms with van der Waals surface area (Å²) in [5.41, 5.74) is -1.11. The lowest BCUT2D eigenvalue weighted by atomic mass is 9.72. The third-order valence-electron chi connectivity index (χ3n) is 6.53. The van der Waals surface area contributed by atoms with Crippen LogP contribution in [0.5, 0.6) is 0 Å². The Morgan fingerprint density at radius 3 is 2.03 bits per heavy atom. The first-order valence-corrected chi connectivity index (χ1v) is 11.5. The van der Waals surface area contributed by atoms with Crippen LogP contribution in [0.15, 0.2) is 12.1 Å². The van der Waals surface area contributed by atoms with Crippen LogP contribution in [0.1, 0.15) is 88.7 Å². The zero-order valence-corrected chi connectivity index (χ0v) is 18.4. The van der Waals surface area contributed by atoms with Crippen molar-refractivity contribution >= 4 is 11.9 Å². The molecule has 7 heteroatoms. The molecule has 1 saturated carbocycles. The zero-order chi connectivity index (χ0) is 22.9. The van der Waals surface area contributed by atoms with E-state index < -0.39 is 29.0 Å². The molecule has 31 heavy (non-hydrogen) atoms. The number of nitrogens with one attached hydrogen (secondary N) is 1. The van der Waals surface area contributed by atoms with Crippen molar-refractivity contribution in [3.63, 3.8) is 0 Å². The maximum Gasteiger partial charge on any atom is 0.321 e. The number of unbranched alkanes of at least 4 members (excludes halogenated alkanes) is 6. The van der Waals surface area contributed by atoms with Crippen LogP contribution in [0, 0.1) is 17.0 Å². The number of aliphatic carboxylic acids is 2. The van der Waals surface area contributed by atoms with Gasteiger partial charge in [-0.2, -0.15) is 0 Å². The molecule has 0 amide bonds. The fourth-order valence-corrected chi connectivity index (χ4v) is 4.32. The van der Waals surface area contributed by atoms with Crippen molar-refractivity contribution in [1.29, 1.82) is 0 Å². The van der Waals surface area contributed by atoms with Gasteiger partial charge < -0.3 is 15.5 Å². The molecule has 0 radical (unpaired) electrons. The van der Waals surface area contributed by atoms with Crippen molar-refractivity contribution in [3.8, 4) is 0 Å². The number of carboxylic acids is 2. The van der Waals surface area contributed by atoms with Crippen LogP contribution in [-0.2, 0) is 22.6 Å². The standard InChI is InChI=1S/C24H35F2NO4/c1-2-3-4-5-6-7-8-9-17-10-11-18(21(26)20(17)25)16-27-19-12-14-24(15-13-19,22(28)29)23(30)31/h10-11,19,27H,2-9,12-16H2,1H3,(H,28,29)(H,30,31). The smallest absolute Gasteiger partial charge is 0.321 e. The average Bonchev–Trinajstić information content (AvgIpc) is 2.75. The third-order valence-corrected chi connectivity index (χ3v) is 6.53. The van der Waals surface area contributed by atoms with Crippen LogP contribution in [0.2, 0.25) is 0 Å². The molecular formula is C24H35F2NO4. The molecule has 0 aromatic heterocycles. The summed E-state index contributed by atoms with van der Waals surface area (Å²) in [5.74, 6) is -4.26. The van der Waals surface area contributed by atoms with E-state index in [1.54, 1.807) is 12.1 Å². The van der Waals surface area contributed by atoms with E-state index in [0.29, 0.717) is 24.8 Å². The van der Waals surface area contributed by atoms with E-state index in [9.17, 15) is 28.6 Å². The molecule has 3 N–H and O–H groups in total. The maximum atomic E-state index is 14.5. The summed E-state index contributed by atoms with van der Waals surface area (Å²) in [6, 6.07) is 3.12. The fourth-order valence-electron chi connectivity index (χ4n) is 4.32. The van der Waals surface area contributed by atoms with Crippen LogP contribution < -0.4 is 5.32 Å². The lowest BCUT2D eigenvalue weighted by Gasteiger charge is -2.33. The van der Waals surface area contributed by atoms with Crippen molar-refractivity contribution in [1.82, 2.24) is 5.32 Å². The minimum atomic E-state index is -1.74. The Hall–Kier alpha value is -2.02. The topological polar surface area (TPSA) is 86.6 Å². The number of benzene rings is 1. The molecule has 174 valence electrons. The first-order valence-electron chi connectivity index (χ1n) is 11.5. The number of carbonyl (C=O) groups is 2. The minimum absolute atomic E-state index is 0.0174. The van der Waals surface area contributed by atoms with Gasteiger partial charge >= 0.3 is 11.9 Å². The summed E-state index contributed by atoms with van der Waals surface area (Å²) in [4.78, 5) is 22.8. The number of hydrogen-bond acceptors (Lipinski definition) is 3. The Labute approximate surface area is 183 Å². The van der Waals surface area contributed by atoms with Gasteiger partial charge in [-0.1, -0.05) is 57.6 Å². The van der Waals surface area contributed by atoms with Crippen LogP contribution in [0.3, 0.4) is 0 Å². The molecule has 0 heterocycles. The molecule has 0 spiro atoms. The average molecular weight is 440 g/mol. The van der Waals surface area contributed by atoms with Crippen molar-refractivity contribution in [2.75, 3.05) is 0 Å². The maximum absolute atomic E-state index is 14.5. The van der Waals surface area contributed by atoms with Gasteiger partial charge in [0.05, 0.1) is 0 Å². The summed E-state index contributed by atoms with van der Waals surface area (Å²) in [6.07, 6.45) is 9.14. The van der Waals surface area contributed by atoms with Crippen molar-refractivity contribution in [2.45, 2.75) is 96.6 Å². The highest BCUT2D eigenvalue weighted by Crippen LogP contribution is 2.37. The monoisotopic (exact) mass is 439 g/mol. The minimum Gasteiger partial charge on any atom is -0.480 e. The summed E-state index contributed by atoms with van der Waals surface area (Å²) < 4.78 is 28.9. The van der Waals surface area contributed by atoms with E-state index in [1.165, 1.54) is 25.7 Å². The molecule has 1 aliphatic carbocycles. The van der Waals surface area contributed by atoms with E-state index in [1.807, 2.05) is 0 Å². The SMILES string of the molecule is CCCCCCCCCc1ccc(CNC2CCC(C(=O)O)(C(=O)O)CC2)c(F)c1F. The predicted octanol–water partition coefficient (Wildman–Crippen LogP) is 5.45. The normalized spacial score (nSPS) is 16.4. The summed E-state index contributed by atoms with van der Waals surface area (Å²) in [6.45, 7) is 2.30. The number of rotatable bonds is 13. The van der Waals surface area contributed by atoms with Crippen molar-refractivity contribution in [3.05, 3.63) is 34.9 Å². The van der Waals surface area contributed by atoms with Gasteiger partial charge in [-0.15, -0.1) is 0 Å². The molecule has 0 saturated heterocycles. The van der Waals surface area contributed by atoms with Crippen LogP contribution in [0.25, 0.3) is 0 Å². The Bertz CT molecular complexity index is 729. The number of carboxylic acid groups (broad SMARTS) is 2. The second-order valence-electron chi connectivity index (χ2n) is 8.73. The molecule has 2 rings (SSSR count).